The van der Waals surface area contributed by atoms with Crippen LogP contribution in [0.2, 0.25) is 0 Å². The van der Waals surface area contributed by atoms with Crippen LogP contribution in [0, 0.1) is 5.92 Å². The average molecular weight is 235 g/mol. The van der Waals surface area contributed by atoms with Crippen molar-refractivity contribution in [2.75, 3.05) is 7.05 Å². The lowest BCUT2D eigenvalue weighted by Gasteiger charge is -2.37. The van der Waals surface area contributed by atoms with Crippen molar-refractivity contribution >= 4 is 0 Å². The highest BCUT2D eigenvalue weighted by Gasteiger charge is 2.23. The lowest BCUT2D eigenvalue weighted by molar-refractivity contribution is 0.165. The van der Waals surface area contributed by atoms with E-state index in [-0.39, 0.29) is 0 Å². The van der Waals surface area contributed by atoms with Gasteiger partial charge in [-0.2, -0.15) is 0 Å². The largest absolute Gasteiger partial charge is 0.297 e. The van der Waals surface area contributed by atoms with Crippen LogP contribution in [0.15, 0.2) is 12.2 Å². The quantitative estimate of drug-likeness (QED) is 0.563. The van der Waals surface area contributed by atoms with Crippen molar-refractivity contribution in [1.82, 2.24) is 4.90 Å². The first-order valence-corrected chi connectivity index (χ1v) is 7.66. The highest BCUT2D eigenvalue weighted by Crippen LogP contribution is 2.26. The third kappa shape index (κ3) is 3.84. The maximum Gasteiger partial charge on any atom is 0.0278 e. The van der Waals surface area contributed by atoms with E-state index >= 15 is 0 Å². The van der Waals surface area contributed by atoms with Gasteiger partial charge in [-0.25, -0.2) is 0 Å². The Bertz CT molecular complexity index is 246. The molecule has 0 aliphatic carbocycles. The van der Waals surface area contributed by atoms with E-state index in [4.69, 9.17) is 0 Å². The van der Waals surface area contributed by atoms with Gasteiger partial charge in [-0.3, -0.25) is 4.90 Å². The van der Waals surface area contributed by atoms with Crippen LogP contribution in [0.4, 0.5) is 0 Å². The van der Waals surface area contributed by atoms with Gasteiger partial charge in [-0.15, -0.1) is 0 Å². The SMILES string of the molecule is C[C@H]1CCCCC[C@@H]2CC=CC(CCC1)N2C. The molecule has 1 saturated heterocycles. The molecule has 17 heavy (non-hydrogen) atoms. The number of fused-ring (bicyclic) bond motifs is 2. The molecule has 0 amide bonds. The van der Waals surface area contributed by atoms with Crippen molar-refractivity contribution in [3.8, 4) is 0 Å². The molecule has 2 heterocycles. The minimum Gasteiger partial charge on any atom is -0.297 e. The van der Waals surface area contributed by atoms with Crippen LogP contribution in [-0.2, 0) is 0 Å². The highest BCUT2D eigenvalue weighted by atomic mass is 15.2. The molecule has 1 fully saturated rings. The Balaban J connectivity index is 1.94. The zero-order valence-corrected chi connectivity index (χ0v) is 11.7. The van der Waals surface area contributed by atoms with Crippen molar-refractivity contribution in [3.63, 3.8) is 0 Å². The molecule has 0 radical (unpaired) electrons. The first-order valence-electron chi connectivity index (χ1n) is 7.66. The molecule has 2 bridgehead atoms. The Morgan fingerprint density at radius 2 is 1.71 bits per heavy atom. The van der Waals surface area contributed by atoms with Gasteiger partial charge in [-0.05, 0) is 32.2 Å². The molecule has 0 saturated carbocycles. The van der Waals surface area contributed by atoms with E-state index < -0.39 is 0 Å². The predicted molar refractivity (Wildman–Crippen MR) is 75.2 cm³/mol. The Morgan fingerprint density at radius 3 is 2.59 bits per heavy atom. The van der Waals surface area contributed by atoms with E-state index in [0.29, 0.717) is 0 Å². The van der Waals surface area contributed by atoms with Crippen molar-refractivity contribution in [1.29, 1.82) is 0 Å². The number of nitrogens with zero attached hydrogens (tertiary/aromatic N) is 1. The predicted octanol–water partition coefficient (Wildman–Crippen LogP) is 4.39. The topological polar surface area (TPSA) is 3.24 Å². The van der Waals surface area contributed by atoms with Gasteiger partial charge in [0.05, 0.1) is 0 Å². The van der Waals surface area contributed by atoms with Crippen LogP contribution in [0.1, 0.15) is 64.7 Å². The lowest BCUT2D eigenvalue weighted by atomic mass is 9.90. The molecule has 0 aromatic rings. The second-order valence-corrected chi connectivity index (χ2v) is 6.22. The first-order chi connectivity index (χ1) is 8.27. The van der Waals surface area contributed by atoms with Crippen LogP contribution in [0.5, 0.6) is 0 Å². The summed E-state index contributed by atoms with van der Waals surface area (Å²) < 4.78 is 0. The molecule has 0 spiro atoms. The van der Waals surface area contributed by atoms with E-state index in [1.807, 2.05) is 0 Å². The maximum atomic E-state index is 2.65. The second-order valence-electron chi connectivity index (χ2n) is 6.22. The molecule has 2 rings (SSSR count). The van der Waals surface area contributed by atoms with Gasteiger partial charge < -0.3 is 0 Å². The second kappa shape index (κ2) is 6.58. The molecule has 98 valence electrons. The van der Waals surface area contributed by atoms with Gasteiger partial charge in [0.1, 0.15) is 0 Å². The van der Waals surface area contributed by atoms with Crippen LogP contribution >= 0.6 is 0 Å². The molecular weight excluding hydrogens is 206 g/mol. The summed E-state index contributed by atoms with van der Waals surface area (Å²) in [7, 11) is 2.34. The monoisotopic (exact) mass is 235 g/mol. The maximum absolute atomic E-state index is 2.65. The van der Waals surface area contributed by atoms with Gasteiger partial charge in [0, 0.05) is 12.1 Å². The number of likely N-dealkylation sites (N-methyl/N-ethyl adjacent to an activating group) is 1. The molecule has 1 heteroatoms. The fourth-order valence-electron chi connectivity index (χ4n) is 3.46. The summed E-state index contributed by atoms with van der Waals surface area (Å²) in [5.74, 6) is 0.947. The summed E-state index contributed by atoms with van der Waals surface area (Å²) in [6.07, 6.45) is 17.6. The summed E-state index contributed by atoms with van der Waals surface area (Å²) in [5.41, 5.74) is 0. The number of hydrogen-bond donors (Lipinski definition) is 0. The fourth-order valence-corrected chi connectivity index (χ4v) is 3.46. The Labute approximate surface area is 107 Å². The fraction of sp³-hybridized carbons (Fsp3) is 0.875. The third-order valence-electron chi connectivity index (χ3n) is 4.80. The zero-order chi connectivity index (χ0) is 12.1. The van der Waals surface area contributed by atoms with Crippen LogP contribution in [0.3, 0.4) is 0 Å². The van der Waals surface area contributed by atoms with Crippen LogP contribution in [0.25, 0.3) is 0 Å². The molecule has 2 aliphatic heterocycles. The molecule has 1 unspecified atom stereocenters. The van der Waals surface area contributed by atoms with Gasteiger partial charge in [0.25, 0.3) is 0 Å². The van der Waals surface area contributed by atoms with E-state index in [9.17, 15) is 0 Å². The number of rotatable bonds is 0. The summed E-state index contributed by atoms with van der Waals surface area (Å²) in [5, 5.41) is 0. The van der Waals surface area contributed by atoms with Crippen molar-refractivity contribution in [3.05, 3.63) is 12.2 Å². The average Bonchev–Trinajstić information content (AvgIpc) is 2.32. The van der Waals surface area contributed by atoms with Gasteiger partial charge in [-0.1, -0.05) is 57.6 Å². The standard InChI is InChI=1S/C16H29N/c1-14-8-4-3-5-10-15-12-7-13-16(17(15)2)11-6-9-14/h7,13-16H,3-6,8-12H2,1-2H3/t14-,15+,16?/m0/s1. The zero-order valence-electron chi connectivity index (χ0n) is 11.7. The highest BCUT2D eigenvalue weighted by molar-refractivity contribution is 5.02. The number of hydrogen-bond acceptors (Lipinski definition) is 1. The molecule has 0 N–H and O–H groups in total. The van der Waals surface area contributed by atoms with Crippen molar-refractivity contribution < 1.29 is 0 Å². The van der Waals surface area contributed by atoms with E-state index in [0.717, 1.165) is 18.0 Å². The first kappa shape index (κ1) is 13.1. The van der Waals surface area contributed by atoms with E-state index in [1.165, 1.54) is 57.8 Å². The van der Waals surface area contributed by atoms with Crippen LogP contribution < -0.4 is 0 Å². The Hall–Kier alpha value is -0.300. The normalized spacial score (nSPS) is 37.2. The smallest absolute Gasteiger partial charge is 0.0278 e. The summed E-state index contributed by atoms with van der Waals surface area (Å²) in [6, 6.07) is 1.54. The summed E-state index contributed by atoms with van der Waals surface area (Å²) in [6.45, 7) is 2.44. The molecule has 0 aromatic heterocycles. The molecule has 3 atom stereocenters. The Kier molecular flexibility index (Phi) is 5.09. The molecular formula is C16H29N. The third-order valence-corrected chi connectivity index (χ3v) is 4.80. The van der Waals surface area contributed by atoms with Crippen molar-refractivity contribution in [2.45, 2.75) is 76.8 Å². The van der Waals surface area contributed by atoms with E-state index in [1.54, 1.807) is 0 Å². The minimum atomic E-state index is 0.723. The van der Waals surface area contributed by atoms with Gasteiger partial charge >= 0.3 is 0 Å². The van der Waals surface area contributed by atoms with Crippen molar-refractivity contribution in [2.24, 2.45) is 5.92 Å². The molecule has 2 aliphatic rings. The van der Waals surface area contributed by atoms with Gasteiger partial charge in [0.15, 0.2) is 0 Å². The molecule has 0 aromatic carbocycles. The molecule has 1 nitrogen and oxygen atoms in total. The van der Waals surface area contributed by atoms with Crippen LogP contribution in [-0.4, -0.2) is 24.0 Å². The lowest BCUT2D eigenvalue weighted by Crippen LogP contribution is -2.41. The van der Waals surface area contributed by atoms with E-state index in [2.05, 4.69) is 31.0 Å². The van der Waals surface area contributed by atoms with Gasteiger partial charge in [0.2, 0.25) is 0 Å². The minimum absolute atomic E-state index is 0.723. The Morgan fingerprint density at radius 1 is 0.941 bits per heavy atom. The summed E-state index contributed by atoms with van der Waals surface area (Å²) >= 11 is 0. The summed E-state index contributed by atoms with van der Waals surface area (Å²) in [4.78, 5) is 2.65.